The second-order valence-electron chi connectivity index (χ2n) is 5.21. The number of hydrogen-bond acceptors (Lipinski definition) is 2. The Hall–Kier alpha value is -0.540. The molecule has 1 unspecified atom stereocenters. The predicted octanol–water partition coefficient (Wildman–Crippen LogP) is 3.27. The molecule has 94 valence electrons. The van der Waals surface area contributed by atoms with Crippen molar-refractivity contribution < 1.29 is 0 Å². The van der Waals surface area contributed by atoms with E-state index in [4.69, 9.17) is 0 Å². The molecule has 0 radical (unpaired) electrons. The molecule has 1 aromatic rings. The second-order valence-corrected chi connectivity index (χ2v) is 6.12. The van der Waals surface area contributed by atoms with Gasteiger partial charge in [-0.1, -0.05) is 35.8 Å². The third kappa shape index (κ3) is 3.71. The highest BCUT2D eigenvalue weighted by atomic mass is 79.9. The Morgan fingerprint density at radius 2 is 2.29 bits per heavy atom. The van der Waals surface area contributed by atoms with Crippen molar-refractivity contribution >= 4 is 21.6 Å². The van der Waals surface area contributed by atoms with Crippen LogP contribution in [-0.2, 0) is 0 Å². The molecule has 0 spiro atoms. The van der Waals surface area contributed by atoms with Crippen molar-refractivity contribution in [3.63, 3.8) is 0 Å². The first-order chi connectivity index (χ1) is 8.15. The van der Waals surface area contributed by atoms with E-state index in [1.54, 1.807) is 0 Å². The number of piperazine rings is 1. The molecular formula is C14H21BrN2. The molecule has 1 aromatic carbocycles. The van der Waals surface area contributed by atoms with Crippen molar-refractivity contribution in [1.29, 1.82) is 0 Å². The van der Waals surface area contributed by atoms with E-state index in [-0.39, 0.29) is 0 Å². The van der Waals surface area contributed by atoms with Crippen molar-refractivity contribution in [1.82, 2.24) is 5.32 Å². The predicted molar refractivity (Wildman–Crippen MR) is 77.6 cm³/mol. The summed E-state index contributed by atoms with van der Waals surface area (Å²) in [5.41, 5.74) is 1.33. The maximum atomic E-state index is 3.61. The molecule has 2 nitrogen and oxygen atoms in total. The lowest BCUT2D eigenvalue weighted by Crippen LogP contribution is -2.51. The van der Waals surface area contributed by atoms with Gasteiger partial charge in [-0.3, -0.25) is 0 Å². The Balaban J connectivity index is 2.02. The topological polar surface area (TPSA) is 15.3 Å². The Labute approximate surface area is 113 Å². The number of rotatable bonds is 3. The minimum atomic E-state index is 0.628. The third-order valence-electron chi connectivity index (χ3n) is 3.18. The van der Waals surface area contributed by atoms with Crippen LogP contribution in [0.1, 0.15) is 20.3 Å². The minimum absolute atomic E-state index is 0.628. The summed E-state index contributed by atoms with van der Waals surface area (Å²) < 4.78 is 1.16. The molecule has 17 heavy (non-hydrogen) atoms. The van der Waals surface area contributed by atoms with Crippen molar-refractivity contribution in [3.05, 3.63) is 28.7 Å². The van der Waals surface area contributed by atoms with Gasteiger partial charge in [-0.2, -0.15) is 0 Å². The van der Waals surface area contributed by atoms with Crippen LogP contribution in [0.5, 0.6) is 0 Å². The Bertz CT molecular complexity index is 365. The monoisotopic (exact) mass is 296 g/mol. The minimum Gasteiger partial charge on any atom is -0.369 e. The summed E-state index contributed by atoms with van der Waals surface area (Å²) in [5, 5.41) is 3.61. The van der Waals surface area contributed by atoms with E-state index in [1.807, 2.05) is 0 Å². The molecule has 1 heterocycles. The molecule has 1 aliphatic rings. The molecule has 1 N–H and O–H groups in total. The summed E-state index contributed by atoms with van der Waals surface area (Å²) >= 11 is 3.54. The fourth-order valence-electron chi connectivity index (χ4n) is 2.46. The Morgan fingerprint density at radius 1 is 1.47 bits per heavy atom. The van der Waals surface area contributed by atoms with E-state index in [0.717, 1.165) is 30.0 Å². The summed E-state index contributed by atoms with van der Waals surface area (Å²) in [6.45, 7) is 7.89. The number of hydrogen-bond donors (Lipinski definition) is 1. The van der Waals surface area contributed by atoms with Gasteiger partial charge in [0.25, 0.3) is 0 Å². The van der Waals surface area contributed by atoms with Gasteiger partial charge in [0.1, 0.15) is 0 Å². The molecule has 1 aliphatic heterocycles. The van der Waals surface area contributed by atoms with E-state index in [2.05, 4.69) is 64.3 Å². The van der Waals surface area contributed by atoms with Crippen LogP contribution in [-0.4, -0.2) is 25.7 Å². The normalized spacial score (nSPS) is 20.9. The van der Waals surface area contributed by atoms with Crippen LogP contribution in [0.3, 0.4) is 0 Å². The zero-order chi connectivity index (χ0) is 12.3. The maximum Gasteiger partial charge on any atom is 0.0378 e. The lowest BCUT2D eigenvalue weighted by atomic mass is 10.0. The molecule has 0 bridgehead atoms. The zero-order valence-corrected chi connectivity index (χ0v) is 12.2. The summed E-state index contributed by atoms with van der Waals surface area (Å²) in [4.78, 5) is 2.48. The molecule has 3 heteroatoms. The largest absolute Gasteiger partial charge is 0.369 e. The molecular weight excluding hydrogens is 276 g/mol. The summed E-state index contributed by atoms with van der Waals surface area (Å²) in [5.74, 6) is 0.759. The van der Waals surface area contributed by atoms with Gasteiger partial charge in [-0.25, -0.2) is 0 Å². The Morgan fingerprint density at radius 3 is 3.00 bits per heavy atom. The Kier molecular flexibility index (Phi) is 4.46. The van der Waals surface area contributed by atoms with E-state index in [9.17, 15) is 0 Å². The molecule has 1 atom stereocenters. The number of anilines is 1. The SMILES string of the molecule is CC(C)CC1CN(c2cccc(Br)c2)CCN1. The molecule has 0 saturated carbocycles. The van der Waals surface area contributed by atoms with Crippen molar-refractivity contribution in [2.75, 3.05) is 24.5 Å². The quantitative estimate of drug-likeness (QED) is 0.921. The lowest BCUT2D eigenvalue weighted by molar-refractivity contribution is 0.388. The number of nitrogens with zero attached hydrogens (tertiary/aromatic N) is 1. The van der Waals surface area contributed by atoms with E-state index >= 15 is 0 Å². The highest BCUT2D eigenvalue weighted by Gasteiger charge is 2.20. The van der Waals surface area contributed by atoms with Gasteiger partial charge in [0.2, 0.25) is 0 Å². The fourth-order valence-corrected chi connectivity index (χ4v) is 2.85. The summed E-state index contributed by atoms with van der Waals surface area (Å²) in [6, 6.07) is 9.22. The maximum absolute atomic E-state index is 3.61. The molecule has 0 aliphatic carbocycles. The van der Waals surface area contributed by atoms with Crippen LogP contribution in [0.25, 0.3) is 0 Å². The molecule has 1 fully saturated rings. The smallest absolute Gasteiger partial charge is 0.0378 e. The van der Waals surface area contributed by atoms with Crippen LogP contribution in [0.4, 0.5) is 5.69 Å². The zero-order valence-electron chi connectivity index (χ0n) is 10.6. The van der Waals surface area contributed by atoms with Gasteiger partial charge in [0.15, 0.2) is 0 Å². The lowest BCUT2D eigenvalue weighted by Gasteiger charge is -2.36. The van der Waals surface area contributed by atoms with E-state index in [0.29, 0.717) is 6.04 Å². The van der Waals surface area contributed by atoms with Gasteiger partial charge >= 0.3 is 0 Å². The van der Waals surface area contributed by atoms with E-state index < -0.39 is 0 Å². The van der Waals surface area contributed by atoms with Gasteiger partial charge in [-0.05, 0) is 30.5 Å². The van der Waals surface area contributed by atoms with Crippen LogP contribution < -0.4 is 10.2 Å². The van der Waals surface area contributed by atoms with Crippen LogP contribution in [0.2, 0.25) is 0 Å². The third-order valence-corrected chi connectivity index (χ3v) is 3.68. The second kappa shape index (κ2) is 5.87. The number of nitrogens with one attached hydrogen (secondary N) is 1. The standard InChI is InChI=1S/C14H21BrN2/c1-11(2)8-13-10-17(7-6-16-13)14-5-3-4-12(15)9-14/h3-5,9,11,13,16H,6-8,10H2,1-2H3. The van der Waals surface area contributed by atoms with Gasteiger partial charge < -0.3 is 10.2 Å². The van der Waals surface area contributed by atoms with Gasteiger partial charge in [0.05, 0.1) is 0 Å². The molecule has 0 amide bonds. The molecule has 0 aromatic heterocycles. The molecule has 1 saturated heterocycles. The average Bonchev–Trinajstić information content (AvgIpc) is 2.28. The number of benzene rings is 1. The first-order valence-corrected chi connectivity index (χ1v) is 7.18. The highest BCUT2D eigenvalue weighted by molar-refractivity contribution is 9.10. The van der Waals surface area contributed by atoms with Gasteiger partial charge in [-0.15, -0.1) is 0 Å². The van der Waals surface area contributed by atoms with Crippen molar-refractivity contribution in [2.45, 2.75) is 26.3 Å². The number of halogens is 1. The van der Waals surface area contributed by atoms with Crippen LogP contribution in [0.15, 0.2) is 28.7 Å². The first-order valence-electron chi connectivity index (χ1n) is 6.39. The van der Waals surface area contributed by atoms with E-state index in [1.165, 1.54) is 12.1 Å². The molecule has 2 rings (SSSR count). The van der Waals surface area contributed by atoms with Crippen molar-refractivity contribution in [3.8, 4) is 0 Å². The highest BCUT2D eigenvalue weighted by Crippen LogP contribution is 2.22. The van der Waals surface area contributed by atoms with Crippen molar-refractivity contribution in [2.24, 2.45) is 5.92 Å². The van der Waals surface area contributed by atoms with Crippen LogP contribution in [0, 0.1) is 5.92 Å². The summed E-state index contributed by atoms with van der Waals surface area (Å²) in [7, 11) is 0. The summed E-state index contributed by atoms with van der Waals surface area (Å²) in [6.07, 6.45) is 1.25. The van der Waals surface area contributed by atoms with Gasteiger partial charge in [0, 0.05) is 35.8 Å². The first kappa shape index (κ1) is 12.9. The fraction of sp³-hybridized carbons (Fsp3) is 0.571. The van der Waals surface area contributed by atoms with Crippen LogP contribution >= 0.6 is 15.9 Å². The average molecular weight is 297 g/mol.